The van der Waals surface area contributed by atoms with Crippen molar-refractivity contribution in [1.29, 1.82) is 0 Å². The number of halogens is 2. The number of thiazole rings is 1. The number of nitrogens with one attached hydrogen (secondary N) is 2. The Morgan fingerprint density at radius 3 is 2.82 bits per heavy atom. The maximum absolute atomic E-state index is 14.3. The minimum Gasteiger partial charge on any atom is -0.356 e. The van der Waals surface area contributed by atoms with E-state index < -0.39 is 0 Å². The van der Waals surface area contributed by atoms with Crippen molar-refractivity contribution in [2.24, 2.45) is 4.99 Å². The van der Waals surface area contributed by atoms with Crippen molar-refractivity contribution in [2.75, 3.05) is 13.6 Å². The third-order valence-corrected chi connectivity index (χ3v) is 5.26. The minimum absolute atomic E-state index is 0. The number of guanidine groups is 1. The number of benzene rings is 1. The van der Waals surface area contributed by atoms with Crippen molar-refractivity contribution in [1.82, 2.24) is 25.2 Å². The van der Waals surface area contributed by atoms with Crippen LogP contribution in [0.5, 0.6) is 0 Å². The number of hydrogen-bond donors (Lipinski definition) is 2. The van der Waals surface area contributed by atoms with E-state index in [2.05, 4.69) is 32.5 Å². The molecule has 2 N–H and O–H groups in total. The van der Waals surface area contributed by atoms with Crippen molar-refractivity contribution >= 4 is 41.3 Å². The number of aliphatic imine (C=N–C) groups is 1. The lowest BCUT2D eigenvalue weighted by molar-refractivity contribution is 0.615. The van der Waals surface area contributed by atoms with Gasteiger partial charge in [0.1, 0.15) is 5.82 Å². The lowest BCUT2D eigenvalue weighted by atomic mass is 10.2. The van der Waals surface area contributed by atoms with Gasteiger partial charge in [0.15, 0.2) is 5.96 Å². The Morgan fingerprint density at radius 1 is 1.32 bits per heavy atom. The fraction of sp³-hybridized carbons (Fsp3) is 0.316. The van der Waals surface area contributed by atoms with Crippen LogP contribution < -0.4 is 10.6 Å². The van der Waals surface area contributed by atoms with Crippen LogP contribution in [-0.4, -0.2) is 34.1 Å². The molecule has 0 saturated heterocycles. The summed E-state index contributed by atoms with van der Waals surface area (Å²) in [5, 5.41) is 7.59. The van der Waals surface area contributed by atoms with E-state index in [0.29, 0.717) is 18.2 Å². The zero-order chi connectivity index (χ0) is 19.1. The molecule has 150 valence electrons. The molecule has 2 heterocycles. The molecule has 0 radical (unpaired) electrons. The second kappa shape index (κ2) is 11.1. The number of nitrogens with zero attached hydrogens (tertiary/aromatic N) is 4. The van der Waals surface area contributed by atoms with Gasteiger partial charge in [0.05, 0.1) is 17.0 Å². The van der Waals surface area contributed by atoms with E-state index in [4.69, 9.17) is 0 Å². The highest BCUT2D eigenvalue weighted by Gasteiger charge is 2.06. The van der Waals surface area contributed by atoms with Crippen molar-refractivity contribution < 1.29 is 4.39 Å². The number of imidazole rings is 1. The quantitative estimate of drug-likeness (QED) is 0.288. The Balaban J connectivity index is 0.00000280. The van der Waals surface area contributed by atoms with Gasteiger partial charge >= 0.3 is 0 Å². The van der Waals surface area contributed by atoms with Gasteiger partial charge < -0.3 is 15.2 Å². The summed E-state index contributed by atoms with van der Waals surface area (Å²) < 4.78 is 16.0. The van der Waals surface area contributed by atoms with Crippen LogP contribution in [0.15, 0.2) is 48.1 Å². The Hall–Kier alpha value is -2.01. The zero-order valence-electron chi connectivity index (χ0n) is 15.9. The van der Waals surface area contributed by atoms with Gasteiger partial charge in [-0.25, -0.2) is 14.4 Å². The lowest BCUT2D eigenvalue weighted by Gasteiger charge is -2.12. The normalized spacial score (nSPS) is 11.2. The van der Waals surface area contributed by atoms with E-state index in [1.807, 2.05) is 12.3 Å². The summed E-state index contributed by atoms with van der Waals surface area (Å²) in [6.07, 6.45) is 8.72. The van der Waals surface area contributed by atoms with Crippen molar-refractivity contribution in [3.8, 4) is 5.69 Å². The summed E-state index contributed by atoms with van der Waals surface area (Å²) in [6.45, 7) is 3.36. The molecule has 9 heteroatoms. The van der Waals surface area contributed by atoms with Gasteiger partial charge in [0.25, 0.3) is 0 Å². The van der Waals surface area contributed by atoms with Crippen LogP contribution in [0, 0.1) is 5.82 Å². The van der Waals surface area contributed by atoms with Crippen molar-refractivity contribution in [3.63, 3.8) is 0 Å². The van der Waals surface area contributed by atoms with Crippen molar-refractivity contribution in [3.05, 3.63) is 64.4 Å². The minimum atomic E-state index is -0.286. The first kappa shape index (κ1) is 22.3. The van der Waals surface area contributed by atoms with Crippen LogP contribution in [-0.2, 0) is 19.4 Å². The van der Waals surface area contributed by atoms with Crippen LogP contribution in [0.3, 0.4) is 0 Å². The third-order valence-electron chi connectivity index (χ3n) is 4.06. The van der Waals surface area contributed by atoms with E-state index in [1.165, 1.54) is 10.9 Å². The summed E-state index contributed by atoms with van der Waals surface area (Å²) in [4.78, 5) is 13.9. The standard InChI is InChI=1S/C19H23FN6S.HI/c1-3-15-12-24-18(27-15)6-7-23-19(21-2)25-11-14-4-5-17(16(20)10-14)26-9-8-22-13-26;/h4-5,8-10,12-13H,3,6-7,11H2,1-2H3,(H2,21,23,25);1H. The smallest absolute Gasteiger partial charge is 0.191 e. The van der Waals surface area contributed by atoms with Gasteiger partial charge in [-0.3, -0.25) is 4.99 Å². The zero-order valence-corrected chi connectivity index (χ0v) is 19.0. The molecule has 0 amide bonds. The number of hydrogen-bond acceptors (Lipinski definition) is 4. The molecule has 0 aliphatic carbocycles. The molecule has 0 spiro atoms. The second-order valence-electron chi connectivity index (χ2n) is 5.93. The largest absolute Gasteiger partial charge is 0.356 e. The fourth-order valence-corrected chi connectivity index (χ4v) is 3.45. The van der Waals surface area contributed by atoms with E-state index in [9.17, 15) is 4.39 Å². The Morgan fingerprint density at radius 2 is 2.18 bits per heavy atom. The summed E-state index contributed by atoms with van der Waals surface area (Å²) in [5.41, 5.74) is 1.32. The molecule has 0 atom stereocenters. The van der Waals surface area contributed by atoms with Gasteiger partial charge in [0.2, 0.25) is 0 Å². The highest BCUT2D eigenvalue weighted by molar-refractivity contribution is 14.0. The van der Waals surface area contributed by atoms with E-state index >= 15 is 0 Å². The molecule has 3 aromatic rings. The van der Waals surface area contributed by atoms with E-state index in [1.54, 1.807) is 47.7 Å². The second-order valence-corrected chi connectivity index (χ2v) is 7.13. The molecule has 0 fully saturated rings. The molecule has 0 unspecified atom stereocenters. The van der Waals surface area contributed by atoms with Crippen LogP contribution >= 0.6 is 35.3 Å². The Labute approximate surface area is 185 Å². The fourth-order valence-electron chi connectivity index (χ4n) is 2.59. The molecule has 2 aromatic heterocycles. The summed E-state index contributed by atoms with van der Waals surface area (Å²) in [7, 11) is 1.72. The molecular formula is C19H24FIN6S. The van der Waals surface area contributed by atoms with Gasteiger partial charge in [-0.05, 0) is 24.1 Å². The molecule has 0 bridgehead atoms. The van der Waals surface area contributed by atoms with E-state index in [0.717, 1.165) is 30.0 Å². The molecule has 0 saturated carbocycles. The Bertz CT molecular complexity index is 894. The topological polar surface area (TPSA) is 67.1 Å². The number of rotatable bonds is 7. The van der Waals surface area contributed by atoms with Crippen LogP contribution in [0.25, 0.3) is 5.69 Å². The molecule has 0 aliphatic heterocycles. The first-order valence-corrected chi connectivity index (χ1v) is 9.66. The predicted molar refractivity (Wildman–Crippen MR) is 122 cm³/mol. The summed E-state index contributed by atoms with van der Waals surface area (Å²) in [5.74, 6) is 0.395. The van der Waals surface area contributed by atoms with Crippen LogP contribution in [0.4, 0.5) is 4.39 Å². The molecule has 0 aliphatic rings. The summed E-state index contributed by atoms with van der Waals surface area (Å²) >= 11 is 1.74. The maximum atomic E-state index is 14.3. The molecule has 3 rings (SSSR count). The SMILES string of the molecule is CCc1cnc(CCNC(=NC)NCc2ccc(-n3ccnc3)c(F)c2)s1.I. The lowest BCUT2D eigenvalue weighted by Crippen LogP contribution is -2.37. The predicted octanol–water partition coefficient (Wildman–Crippen LogP) is 3.56. The molecular weight excluding hydrogens is 490 g/mol. The average Bonchev–Trinajstić information content (AvgIpc) is 3.36. The van der Waals surface area contributed by atoms with Gasteiger partial charge in [-0.15, -0.1) is 35.3 Å². The summed E-state index contributed by atoms with van der Waals surface area (Å²) in [6, 6.07) is 5.16. The molecule has 28 heavy (non-hydrogen) atoms. The highest BCUT2D eigenvalue weighted by atomic mass is 127. The average molecular weight is 514 g/mol. The maximum Gasteiger partial charge on any atom is 0.191 e. The third kappa shape index (κ3) is 5.99. The molecule has 6 nitrogen and oxygen atoms in total. The molecule has 1 aromatic carbocycles. The van der Waals surface area contributed by atoms with Crippen LogP contribution in [0.1, 0.15) is 22.4 Å². The first-order chi connectivity index (χ1) is 13.2. The number of aryl methyl sites for hydroxylation is 1. The highest BCUT2D eigenvalue weighted by Crippen LogP contribution is 2.15. The number of aromatic nitrogens is 3. The van der Waals surface area contributed by atoms with Gasteiger partial charge in [-0.2, -0.15) is 0 Å². The van der Waals surface area contributed by atoms with Crippen LogP contribution in [0.2, 0.25) is 0 Å². The van der Waals surface area contributed by atoms with Gasteiger partial charge in [-0.1, -0.05) is 13.0 Å². The van der Waals surface area contributed by atoms with E-state index in [-0.39, 0.29) is 29.8 Å². The Kier molecular flexibility index (Phi) is 8.84. The van der Waals surface area contributed by atoms with Crippen molar-refractivity contribution in [2.45, 2.75) is 26.3 Å². The van der Waals surface area contributed by atoms with Gasteiger partial charge in [0, 0.05) is 50.0 Å². The first-order valence-electron chi connectivity index (χ1n) is 8.84. The monoisotopic (exact) mass is 514 g/mol.